The van der Waals surface area contributed by atoms with Crippen LogP contribution in [0.2, 0.25) is 0 Å². The Morgan fingerprint density at radius 3 is 1.46 bits per heavy atom. The predicted octanol–water partition coefficient (Wildman–Crippen LogP) is 12.2. The summed E-state index contributed by atoms with van der Waals surface area (Å²) in [6.45, 7) is 7.43. The van der Waals surface area contributed by atoms with Crippen LogP contribution in [0, 0.1) is 6.57 Å². The molecule has 0 N–H and O–H groups in total. The van der Waals surface area contributed by atoms with Gasteiger partial charge in [-0.15, -0.1) is 0 Å². The molecule has 0 unspecified atom stereocenters. The monoisotopic (exact) mass is 688 g/mol. The molecule has 0 aliphatic heterocycles. The minimum Gasteiger partial charge on any atom is -0.256 e. The van der Waals surface area contributed by atoms with Crippen molar-refractivity contribution < 1.29 is 0 Å². The Morgan fingerprint density at radius 1 is 0.370 bits per heavy atom. The average Bonchev–Trinajstić information content (AvgIpc) is 3.26. The van der Waals surface area contributed by atoms with Crippen molar-refractivity contribution in [3.8, 4) is 56.4 Å². The molecular formula is C48H28N6. The van der Waals surface area contributed by atoms with Crippen LogP contribution in [0.15, 0.2) is 170 Å². The first kappa shape index (κ1) is 31.1. The van der Waals surface area contributed by atoms with E-state index in [9.17, 15) is 0 Å². The quantitative estimate of drug-likeness (QED) is 0.133. The van der Waals surface area contributed by atoms with E-state index in [2.05, 4.69) is 71.6 Å². The van der Waals surface area contributed by atoms with Crippen LogP contribution in [0.4, 0.5) is 5.69 Å². The van der Waals surface area contributed by atoms with Crippen LogP contribution in [0.25, 0.3) is 105 Å². The SMILES string of the molecule is [C-]#[N+]c1ccc2cc(-c3cc4c5cccnc5c(-c5cccc(-c6nc(-c7ccccc7)nc(-c7ccccc7)n6)c5)cc4c4cccnc34)ccc2c1. The molecule has 0 fully saturated rings. The van der Waals surface area contributed by atoms with Crippen LogP contribution in [0.3, 0.4) is 0 Å². The number of nitrogens with zero attached hydrogens (tertiary/aromatic N) is 6. The van der Waals surface area contributed by atoms with Crippen molar-refractivity contribution >= 4 is 49.0 Å². The van der Waals surface area contributed by atoms with Crippen LogP contribution in [-0.4, -0.2) is 24.9 Å². The van der Waals surface area contributed by atoms with Gasteiger partial charge in [-0.05, 0) is 75.1 Å². The summed E-state index contributed by atoms with van der Waals surface area (Å²) in [7, 11) is 0. The van der Waals surface area contributed by atoms with Gasteiger partial charge in [0.1, 0.15) is 0 Å². The van der Waals surface area contributed by atoms with Gasteiger partial charge in [0, 0.05) is 51.0 Å². The highest BCUT2D eigenvalue weighted by Crippen LogP contribution is 2.41. The lowest BCUT2D eigenvalue weighted by atomic mass is 9.90. The van der Waals surface area contributed by atoms with Crippen molar-refractivity contribution in [3.05, 3.63) is 182 Å². The van der Waals surface area contributed by atoms with Gasteiger partial charge in [-0.2, -0.15) is 0 Å². The van der Waals surface area contributed by atoms with Crippen LogP contribution >= 0.6 is 0 Å². The Hall–Kier alpha value is -7.62. The highest BCUT2D eigenvalue weighted by Gasteiger charge is 2.18. The van der Waals surface area contributed by atoms with E-state index in [4.69, 9.17) is 31.5 Å². The highest BCUT2D eigenvalue weighted by atomic mass is 15.0. The molecule has 10 aromatic rings. The molecular weight excluding hydrogens is 661 g/mol. The third-order valence-electron chi connectivity index (χ3n) is 9.97. The van der Waals surface area contributed by atoms with Gasteiger partial charge in [0.15, 0.2) is 23.2 Å². The number of hydrogen-bond acceptors (Lipinski definition) is 5. The zero-order valence-corrected chi connectivity index (χ0v) is 28.8. The van der Waals surface area contributed by atoms with Gasteiger partial charge in [0.2, 0.25) is 0 Å². The molecule has 7 aromatic carbocycles. The lowest BCUT2D eigenvalue weighted by Crippen LogP contribution is -2.00. The molecule has 0 saturated carbocycles. The molecule has 0 bridgehead atoms. The van der Waals surface area contributed by atoms with E-state index in [1.807, 2.05) is 103 Å². The third kappa shape index (κ3) is 5.40. The second-order valence-corrected chi connectivity index (χ2v) is 13.2. The summed E-state index contributed by atoms with van der Waals surface area (Å²) in [5.74, 6) is 1.84. The van der Waals surface area contributed by atoms with Crippen LogP contribution in [0.5, 0.6) is 0 Å². The Bertz CT molecular complexity index is 3060. The van der Waals surface area contributed by atoms with Crippen molar-refractivity contribution in [2.24, 2.45) is 0 Å². The van der Waals surface area contributed by atoms with E-state index in [0.29, 0.717) is 23.2 Å². The van der Waals surface area contributed by atoms with Gasteiger partial charge < -0.3 is 0 Å². The standard InChI is InChI=1S/C48H28N6/c1-49-37-22-21-32-25-35(20-19-33(32)27-37)41-29-43-38-17-9-23-50-44(38)40(28-42(43)39-18-10-24-51-45(39)41)34-15-8-16-36(26-34)48-53-46(30-11-4-2-5-12-30)52-47(54-48)31-13-6-3-7-14-31/h2-29H. The van der Waals surface area contributed by atoms with Gasteiger partial charge in [-0.3, -0.25) is 9.97 Å². The maximum absolute atomic E-state index is 7.43. The maximum atomic E-state index is 7.43. The number of pyridine rings is 2. The summed E-state index contributed by atoms with van der Waals surface area (Å²) in [4.78, 5) is 28.4. The molecule has 0 saturated heterocycles. The minimum absolute atomic E-state index is 0.600. The summed E-state index contributed by atoms with van der Waals surface area (Å²) in [5.41, 5.74) is 9.35. The molecule has 6 nitrogen and oxygen atoms in total. The first-order chi connectivity index (χ1) is 26.7. The molecule has 3 aromatic heterocycles. The van der Waals surface area contributed by atoms with Gasteiger partial charge in [-0.1, -0.05) is 115 Å². The van der Waals surface area contributed by atoms with Crippen LogP contribution in [0.1, 0.15) is 0 Å². The zero-order valence-electron chi connectivity index (χ0n) is 28.8. The normalized spacial score (nSPS) is 11.3. The van der Waals surface area contributed by atoms with E-state index >= 15 is 0 Å². The van der Waals surface area contributed by atoms with E-state index < -0.39 is 0 Å². The topological polar surface area (TPSA) is 68.8 Å². The average molecular weight is 689 g/mol. The third-order valence-corrected chi connectivity index (χ3v) is 9.97. The van der Waals surface area contributed by atoms with Crippen LogP contribution in [-0.2, 0) is 0 Å². The summed E-state index contributed by atoms with van der Waals surface area (Å²) < 4.78 is 0. The molecule has 6 heteroatoms. The fourth-order valence-electron chi connectivity index (χ4n) is 7.37. The highest BCUT2D eigenvalue weighted by molar-refractivity contribution is 6.22. The first-order valence-electron chi connectivity index (χ1n) is 17.7. The molecule has 10 rings (SSSR count). The number of rotatable bonds is 5. The van der Waals surface area contributed by atoms with Gasteiger partial charge in [0.05, 0.1) is 17.6 Å². The number of fused-ring (bicyclic) bond motifs is 6. The summed E-state index contributed by atoms with van der Waals surface area (Å²) in [6, 6.07) is 53.5. The van der Waals surface area contributed by atoms with E-state index in [1.54, 1.807) is 0 Å². The summed E-state index contributed by atoms with van der Waals surface area (Å²) >= 11 is 0. The largest absolute Gasteiger partial charge is 0.256 e. The van der Waals surface area contributed by atoms with E-state index in [-0.39, 0.29) is 0 Å². The summed E-state index contributed by atoms with van der Waals surface area (Å²) in [6.07, 6.45) is 3.71. The molecule has 250 valence electrons. The number of benzene rings is 7. The Kier molecular flexibility index (Phi) is 7.41. The molecule has 54 heavy (non-hydrogen) atoms. The van der Waals surface area contributed by atoms with Gasteiger partial charge >= 0.3 is 0 Å². The lowest BCUT2D eigenvalue weighted by molar-refractivity contribution is 1.07. The van der Waals surface area contributed by atoms with Crippen molar-refractivity contribution in [3.63, 3.8) is 0 Å². The molecule has 0 aliphatic rings. The van der Waals surface area contributed by atoms with Gasteiger partial charge in [0.25, 0.3) is 0 Å². The number of aromatic nitrogens is 5. The molecule has 0 spiro atoms. The fraction of sp³-hybridized carbons (Fsp3) is 0. The van der Waals surface area contributed by atoms with Crippen molar-refractivity contribution in [1.82, 2.24) is 24.9 Å². The van der Waals surface area contributed by atoms with Crippen molar-refractivity contribution in [2.45, 2.75) is 0 Å². The molecule has 0 atom stereocenters. The fourth-order valence-corrected chi connectivity index (χ4v) is 7.37. The maximum Gasteiger partial charge on any atom is 0.187 e. The Balaban J connectivity index is 1.16. The van der Waals surface area contributed by atoms with Crippen LogP contribution < -0.4 is 0 Å². The molecule has 0 radical (unpaired) electrons. The minimum atomic E-state index is 0.600. The summed E-state index contributed by atoms with van der Waals surface area (Å²) in [5, 5.41) is 6.45. The smallest absolute Gasteiger partial charge is 0.187 e. The second-order valence-electron chi connectivity index (χ2n) is 13.2. The van der Waals surface area contributed by atoms with E-state index in [1.165, 1.54) is 0 Å². The molecule has 0 amide bonds. The van der Waals surface area contributed by atoms with E-state index in [0.717, 1.165) is 82.3 Å². The van der Waals surface area contributed by atoms with Crippen molar-refractivity contribution in [2.75, 3.05) is 0 Å². The predicted molar refractivity (Wildman–Crippen MR) is 219 cm³/mol. The molecule has 3 heterocycles. The Morgan fingerprint density at radius 2 is 0.870 bits per heavy atom. The number of hydrogen-bond donors (Lipinski definition) is 0. The molecule has 0 aliphatic carbocycles. The Labute approximate surface area is 311 Å². The zero-order chi connectivity index (χ0) is 36.0. The van der Waals surface area contributed by atoms with Gasteiger partial charge in [-0.25, -0.2) is 19.8 Å². The lowest BCUT2D eigenvalue weighted by Gasteiger charge is -2.15. The second kappa shape index (κ2) is 12.9. The first-order valence-corrected chi connectivity index (χ1v) is 17.7. The van der Waals surface area contributed by atoms with Crippen molar-refractivity contribution in [1.29, 1.82) is 0 Å².